The van der Waals surface area contributed by atoms with Crippen LogP contribution >= 0.6 is 0 Å². The van der Waals surface area contributed by atoms with Crippen LogP contribution in [0.15, 0.2) is 34.0 Å². The summed E-state index contributed by atoms with van der Waals surface area (Å²) in [6.07, 6.45) is 6.88. The minimum absolute atomic E-state index is 0.208. The molecule has 1 aromatic carbocycles. The van der Waals surface area contributed by atoms with Crippen LogP contribution < -0.4 is 16.6 Å². The molecule has 1 heterocycles. The molecule has 1 aliphatic rings. The van der Waals surface area contributed by atoms with Crippen molar-refractivity contribution in [2.24, 2.45) is 5.92 Å². The number of carbonyl (C=O) groups excluding carboxylic acids is 1. The molecule has 1 fully saturated rings. The van der Waals surface area contributed by atoms with Gasteiger partial charge in [0.05, 0.1) is 24.9 Å². The van der Waals surface area contributed by atoms with Gasteiger partial charge in [-0.1, -0.05) is 31.7 Å². The van der Waals surface area contributed by atoms with Crippen LogP contribution in [0.3, 0.4) is 0 Å². The summed E-state index contributed by atoms with van der Waals surface area (Å²) in [4.78, 5) is 37.6. The van der Waals surface area contributed by atoms with Crippen LogP contribution in [0.5, 0.6) is 0 Å². The molecule has 168 valence electrons. The molecule has 3 N–H and O–H groups in total. The van der Waals surface area contributed by atoms with Crippen molar-refractivity contribution in [1.29, 1.82) is 0 Å². The molecule has 2 aromatic rings. The molecule has 0 spiro atoms. The van der Waals surface area contributed by atoms with Crippen LogP contribution in [0, 0.1) is 12.8 Å². The first-order valence-electron chi connectivity index (χ1n) is 10.8. The minimum Gasteiger partial charge on any atom is -0.394 e. The maximum absolute atomic E-state index is 12.8. The summed E-state index contributed by atoms with van der Waals surface area (Å²) in [7, 11) is 0. The third kappa shape index (κ3) is 5.68. The number of aryl methyl sites for hydroxylation is 1. The lowest BCUT2D eigenvalue weighted by atomic mass is 10.00. The molecular weight excluding hydrogens is 400 g/mol. The Morgan fingerprint density at radius 2 is 1.94 bits per heavy atom. The molecule has 0 bridgehead atoms. The zero-order chi connectivity index (χ0) is 22.4. The van der Waals surface area contributed by atoms with E-state index < -0.39 is 24.0 Å². The fraction of sp³-hybridized carbons (Fsp3) is 0.545. The number of hydrogen-bond acceptors (Lipinski definition) is 6. The summed E-state index contributed by atoms with van der Waals surface area (Å²) >= 11 is 0. The minimum atomic E-state index is -1.25. The van der Waals surface area contributed by atoms with E-state index in [4.69, 9.17) is 5.11 Å². The predicted molar refractivity (Wildman–Crippen MR) is 115 cm³/mol. The SMILES string of the molecule is Cc1ccc(-n2ncc(=O)n(CC(O)CO)c2=O)cc1C(=O)NCC1CCCCCC1. The summed E-state index contributed by atoms with van der Waals surface area (Å²) in [5.74, 6) is 0.279. The van der Waals surface area contributed by atoms with Crippen molar-refractivity contribution < 1.29 is 15.0 Å². The van der Waals surface area contributed by atoms with Crippen LogP contribution in [0.25, 0.3) is 5.69 Å². The summed E-state index contributed by atoms with van der Waals surface area (Å²) in [5, 5.41) is 25.6. The Balaban J connectivity index is 1.83. The fourth-order valence-corrected chi connectivity index (χ4v) is 3.94. The summed E-state index contributed by atoms with van der Waals surface area (Å²) in [6, 6.07) is 4.94. The van der Waals surface area contributed by atoms with Gasteiger partial charge in [-0.25, -0.2) is 4.79 Å². The Morgan fingerprint density at radius 3 is 2.61 bits per heavy atom. The first-order chi connectivity index (χ1) is 14.9. The van der Waals surface area contributed by atoms with E-state index in [0.29, 0.717) is 23.7 Å². The molecule has 0 aliphatic heterocycles. The number of nitrogens with one attached hydrogen (secondary N) is 1. The van der Waals surface area contributed by atoms with Gasteiger partial charge in [-0.15, -0.1) is 0 Å². The van der Waals surface area contributed by atoms with E-state index in [1.807, 2.05) is 6.92 Å². The highest BCUT2D eigenvalue weighted by Gasteiger charge is 2.17. The molecule has 1 unspecified atom stereocenters. The third-order valence-electron chi connectivity index (χ3n) is 5.80. The second kappa shape index (κ2) is 10.5. The molecule has 31 heavy (non-hydrogen) atoms. The van der Waals surface area contributed by atoms with Crippen molar-refractivity contribution >= 4 is 5.91 Å². The third-order valence-corrected chi connectivity index (χ3v) is 5.80. The van der Waals surface area contributed by atoms with Gasteiger partial charge >= 0.3 is 5.69 Å². The molecule has 3 rings (SSSR count). The van der Waals surface area contributed by atoms with Gasteiger partial charge in [0, 0.05) is 12.1 Å². The Morgan fingerprint density at radius 1 is 1.23 bits per heavy atom. The molecule has 0 radical (unpaired) electrons. The number of carbonyl (C=O) groups is 1. The highest BCUT2D eigenvalue weighted by molar-refractivity contribution is 5.96. The smallest absolute Gasteiger partial charge is 0.352 e. The normalized spacial score (nSPS) is 16.0. The Labute approximate surface area is 180 Å². The van der Waals surface area contributed by atoms with Gasteiger partial charge in [0.15, 0.2) is 0 Å². The largest absolute Gasteiger partial charge is 0.394 e. The number of aliphatic hydroxyl groups is 2. The number of hydrogen-bond donors (Lipinski definition) is 3. The molecule has 1 aliphatic carbocycles. The molecule has 0 saturated heterocycles. The number of aliphatic hydroxyl groups excluding tert-OH is 2. The second-order valence-electron chi connectivity index (χ2n) is 8.19. The van der Waals surface area contributed by atoms with E-state index in [0.717, 1.165) is 33.9 Å². The van der Waals surface area contributed by atoms with Crippen LogP contribution in [0.4, 0.5) is 0 Å². The van der Waals surface area contributed by atoms with Gasteiger partial charge in [0.25, 0.3) is 11.5 Å². The lowest BCUT2D eigenvalue weighted by Gasteiger charge is -2.16. The zero-order valence-corrected chi connectivity index (χ0v) is 17.8. The first-order valence-corrected chi connectivity index (χ1v) is 10.8. The number of nitrogens with zero attached hydrogens (tertiary/aromatic N) is 3. The molecule has 1 saturated carbocycles. The monoisotopic (exact) mass is 430 g/mol. The number of benzene rings is 1. The van der Waals surface area contributed by atoms with E-state index >= 15 is 0 Å². The van der Waals surface area contributed by atoms with Crippen molar-refractivity contribution in [2.75, 3.05) is 13.2 Å². The second-order valence-corrected chi connectivity index (χ2v) is 8.19. The van der Waals surface area contributed by atoms with Crippen molar-refractivity contribution in [3.8, 4) is 5.69 Å². The van der Waals surface area contributed by atoms with Crippen molar-refractivity contribution in [1.82, 2.24) is 19.7 Å². The fourth-order valence-electron chi connectivity index (χ4n) is 3.94. The van der Waals surface area contributed by atoms with Crippen LogP contribution in [0.2, 0.25) is 0 Å². The van der Waals surface area contributed by atoms with E-state index in [2.05, 4.69) is 10.4 Å². The van der Waals surface area contributed by atoms with E-state index in [9.17, 15) is 19.5 Å². The Hall–Kier alpha value is -2.78. The van der Waals surface area contributed by atoms with Gasteiger partial charge in [-0.05, 0) is 43.4 Å². The topological polar surface area (TPSA) is 126 Å². The summed E-state index contributed by atoms with van der Waals surface area (Å²) in [6.45, 7) is 1.52. The van der Waals surface area contributed by atoms with E-state index in [1.165, 1.54) is 25.7 Å². The molecule has 1 amide bonds. The Bertz CT molecular complexity index is 1020. The summed E-state index contributed by atoms with van der Waals surface area (Å²) in [5.41, 5.74) is 0.102. The number of aromatic nitrogens is 3. The maximum Gasteiger partial charge on any atom is 0.352 e. The number of rotatable bonds is 7. The molecule has 1 aromatic heterocycles. The first kappa shape index (κ1) is 22.9. The maximum atomic E-state index is 12.8. The molecule has 1 atom stereocenters. The van der Waals surface area contributed by atoms with Crippen LogP contribution in [-0.2, 0) is 6.54 Å². The van der Waals surface area contributed by atoms with E-state index in [1.54, 1.807) is 18.2 Å². The van der Waals surface area contributed by atoms with Gasteiger partial charge in [-0.2, -0.15) is 9.78 Å². The van der Waals surface area contributed by atoms with E-state index in [-0.39, 0.29) is 12.5 Å². The zero-order valence-electron chi connectivity index (χ0n) is 17.8. The molecule has 9 heteroatoms. The van der Waals surface area contributed by atoms with Gasteiger partial charge in [0.1, 0.15) is 6.20 Å². The highest BCUT2D eigenvalue weighted by Crippen LogP contribution is 2.22. The average Bonchev–Trinajstić information content (AvgIpc) is 3.04. The van der Waals surface area contributed by atoms with Crippen molar-refractivity contribution in [3.63, 3.8) is 0 Å². The molecule has 9 nitrogen and oxygen atoms in total. The lowest BCUT2D eigenvalue weighted by Crippen LogP contribution is -2.43. The van der Waals surface area contributed by atoms with Crippen LogP contribution in [0.1, 0.15) is 54.4 Å². The van der Waals surface area contributed by atoms with Crippen LogP contribution in [-0.4, -0.2) is 49.7 Å². The van der Waals surface area contributed by atoms with Crippen molar-refractivity contribution in [2.45, 2.75) is 58.1 Å². The quantitative estimate of drug-likeness (QED) is 0.557. The lowest BCUT2D eigenvalue weighted by molar-refractivity contribution is 0.0788. The average molecular weight is 431 g/mol. The standard InChI is InChI=1S/C22H30N4O5/c1-15-8-9-17(26-22(31)25(13-18(28)14-27)20(29)12-24-26)10-19(15)21(30)23-11-16-6-4-2-3-5-7-16/h8-10,12,16,18,27-28H,2-7,11,13-14H2,1H3,(H,23,30). The predicted octanol–water partition coefficient (Wildman–Crippen LogP) is 0.756. The summed E-state index contributed by atoms with van der Waals surface area (Å²) < 4.78 is 1.81. The van der Waals surface area contributed by atoms with Crippen molar-refractivity contribution in [3.05, 3.63) is 56.4 Å². The van der Waals surface area contributed by atoms with Gasteiger partial charge in [-0.3, -0.25) is 14.2 Å². The molecular formula is C22H30N4O5. The van der Waals surface area contributed by atoms with Gasteiger partial charge < -0.3 is 15.5 Å². The Kier molecular flexibility index (Phi) is 7.75. The highest BCUT2D eigenvalue weighted by atomic mass is 16.3. The number of amides is 1. The van der Waals surface area contributed by atoms with Gasteiger partial charge in [0.2, 0.25) is 0 Å².